The van der Waals surface area contributed by atoms with Gasteiger partial charge in [0.25, 0.3) is 0 Å². The van der Waals surface area contributed by atoms with Gasteiger partial charge in [-0.2, -0.15) is 0 Å². The average molecular weight is 328 g/mol. The summed E-state index contributed by atoms with van der Waals surface area (Å²) in [5, 5.41) is 0. The highest BCUT2D eigenvalue weighted by Crippen LogP contribution is 2.27. The molecule has 0 aliphatic rings. The van der Waals surface area contributed by atoms with Crippen LogP contribution in [0.5, 0.6) is 5.75 Å². The average Bonchev–Trinajstić information content (AvgIpc) is 3.02. The van der Waals surface area contributed by atoms with Crippen molar-refractivity contribution < 1.29 is 9.15 Å². The summed E-state index contributed by atoms with van der Waals surface area (Å²) in [4.78, 5) is 4.33. The summed E-state index contributed by atoms with van der Waals surface area (Å²) in [6.07, 6.45) is 1.99. The normalized spacial score (nSPS) is 12.1. The van der Waals surface area contributed by atoms with Crippen molar-refractivity contribution in [2.75, 3.05) is 0 Å². The Balaban J connectivity index is 1.84. The van der Waals surface area contributed by atoms with Crippen molar-refractivity contribution in [2.24, 2.45) is 0 Å². The monoisotopic (exact) mass is 327 g/mol. The van der Waals surface area contributed by atoms with Gasteiger partial charge in [0.2, 0.25) is 0 Å². The van der Waals surface area contributed by atoms with Crippen LogP contribution < -0.4 is 4.74 Å². The summed E-state index contributed by atoms with van der Waals surface area (Å²) in [6, 6.07) is 18.0. The summed E-state index contributed by atoms with van der Waals surface area (Å²) in [6.45, 7) is 1.90. The maximum Gasteiger partial charge on any atom is 0.181 e. The van der Waals surface area contributed by atoms with Crippen LogP contribution in [0.2, 0.25) is 0 Å². The highest BCUT2D eigenvalue weighted by molar-refractivity contribution is 6.17. The molecular weight excluding hydrogens is 310 g/mol. The summed E-state index contributed by atoms with van der Waals surface area (Å²) in [5.41, 5.74) is 3.09. The van der Waals surface area contributed by atoms with Crippen molar-refractivity contribution >= 4 is 11.6 Å². The molecule has 1 unspecified atom stereocenters. The van der Waals surface area contributed by atoms with E-state index in [0.29, 0.717) is 5.88 Å². The summed E-state index contributed by atoms with van der Waals surface area (Å²) < 4.78 is 11.5. The van der Waals surface area contributed by atoms with Crippen LogP contribution in [0.15, 0.2) is 65.4 Å². The molecule has 0 aliphatic carbocycles. The first-order valence-electron chi connectivity index (χ1n) is 7.51. The molecule has 3 nitrogen and oxygen atoms in total. The minimum Gasteiger partial charge on any atom is -0.484 e. The third-order valence-electron chi connectivity index (χ3n) is 3.71. The highest BCUT2D eigenvalue weighted by Gasteiger charge is 2.20. The molecule has 3 aromatic rings. The van der Waals surface area contributed by atoms with Crippen LogP contribution in [0, 0.1) is 6.92 Å². The van der Waals surface area contributed by atoms with E-state index in [0.717, 1.165) is 29.2 Å². The van der Waals surface area contributed by atoms with E-state index in [1.165, 1.54) is 12.0 Å². The molecule has 0 N–H and O–H groups in total. The zero-order valence-corrected chi connectivity index (χ0v) is 13.7. The molecule has 0 radical (unpaired) electrons. The lowest BCUT2D eigenvalue weighted by atomic mass is 10.0. The van der Waals surface area contributed by atoms with E-state index in [9.17, 15) is 0 Å². The quantitative estimate of drug-likeness (QED) is 0.592. The molecule has 118 valence electrons. The smallest absolute Gasteiger partial charge is 0.181 e. The number of alkyl halides is 1. The number of nitrogens with zero attached hydrogens (tertiary/aromatic N) is 1. The fraction of sp³-hybridized carbons (Fsp3) is 0.211. The Hall–Kier alpha value is -2.26. The number of rotatable bonds is 6. The lowest BCUT2D eigenvalue weighted by Gasteiger charge is -2.18. The zero-order chi connectivity index (χ0) is 16.1. The van der Waals surface area contributed by atoms with Crippen molar-refractivity contribution in [2.45, 2.75) is 25.3 Å². The molecule has 0 aliphatic heterocycles. The number of hydrogen-bond acceptors (Lipinski definition) is 3. The van der Waals surface area contributed by atoms with Gasteiger partial charge in [-0.1, -0.05) is 42.5 Å². The Morgan fingerprint density at radius 1 is 1.04 bits per heavy atom. The van der Waals surface area contributed by atoms with E-state index in [1.807, 2.05) is 49.4 Å². The maximum atomic E-state index is 6.18. The number of aryl methyl sites for hydroxylation is 1. The lowest BCUT2D eigenvalue weighted by Crippen LogP contribution is -2.12. The van der Waals surface area contributed by atoms with Crippen LogP contribution in [-0.2, 0) is 12.3 Å². The zero-order valence-electron chi connectivity index (χ0n) is 12.9. The topological polar surface area (TPSA) is 35.3 Å². The van der Waals surface area contributed by atoms with Gasteiger partial charge in [-0.15, -0.1) is 11.6 Å². The van der Waals surface area contributed by atoms with E-state index < -0.39 is 0 Å². The van der Waals surface area contributed by atoms with Crippen molar-refractivity contribution in [3.63, 3.8) is 0 Å². The molecule has 3 rings (SSSR count). The highest BCUT2D eigenvalue weighted by atomic mass is 35.5. The number of aromatic nitrogens is 1. The lowest BCUT2D eigenvalue weighted by molar-refractivity contribution is 0.200. The molecule has 1 heterocycles. The summed E-state index contributed by atoms with van der Waals surface area (Å²) in [5.74, 6) is 2.07. The van der Waals surface area contributed by atoms with Gasteiger partial charge in [-0.05, 0) is 30.2 Å². The van der Waals surface area contributed by atoms with Gasteiger partial charge in [-0.25, -0.2) is 4.98 Å². The van der Waals surface area contributed by atoms with E-state index >= 15 is 0 Å². The van der Waals surface area contributed by atoms with E-state index in [-0.39, 0.29) is 6.10 Å². The molecule has 0 saturated heterocycles. The van der Waals surface area contributed by atoms with Gasteiger partial charge in [0.15, 0.2) is 6.39 Å². The fourth-order valence-corrected chi connectivity index (χ4v) is 2.65. The Morgan fingerprint density at radius 3 is 2.39 bits per heavy atom. The largest absolute Gasteiger partial charge is 0.484 e. The number of benzene rings is 2. The molecule has 0 amide bonds. The van der Waals surface area contributed by atoms with Crippen molar-refractivity contribution in [3.8, 4) is 5.75 Å². The number of ether oxygens (including phenoxy) is 1. The molecule has 1 aromatic heterocycles. The van der Waals surface area contributed by atoms with Crippen LogP contribution in [0.1, 0.15) is 28.7 Å². The van der Waals surface area contributed by atoms with Crippen LogP contribution in [0.3, 0.4) is 0 Å². The first kappa shape index (κ1) is 15.6. The third-order valence-corrected chi connectivity index (χ3v) is 4.02. The van der Waals surface area contributed by atoms with Gasteiger partial charge in [0, 0.05) is 12.3 Å². The van der Waals surface area contributed by atoms with Gasteiger partial charge < -0.3 is 9.15 Å². The minimum atomic E-state index is -0.196. The molecule has 0 spiro atoms. The molecule has 0 saturated carbocycles. The summed E-state index contributed by atoms with van der Waals surface area (Å²) >= 11 is 5.83. The predicted octanol–water partition coefficient (Wildman–Crippen LogP) is 5.08. The van der Waals surface area contributed by atoms with Crippen molar-refractivity contribution in [1.29, 1.82) is 0 Å². The Labute approximate surface area is 140 Å². The molecule has 1 atom stereocenters. The third kappa shape index (κ3) is 3.93. The molecule has 0 fully saturated rings. The minimum absolute atomic E-state index is 0.196. The standard InChI is InChI=1S/C19H18ClNO2/c1-14-19(21-13-22-14)18(11-15-5-3-2-4-6-15)23-17-9-7-16(12-20)8-10-17/h2-10,13,18H,11-12H2,1H3. The Bertz CT molecular complexity index is 738. The molecular formula is C19H18ClNO2. The van der Waals surface area contributed by atoms with E-state index in [1.54, 1.807) is 0 Å². The van der Waals surface area contributed by atoms with Crippen molar-refractivity contribution in [3.05, 3.63) is 83.6 Å². The second-order valence-corrected chi connectivity index (χ2v) is 5.63. The number of halogens is 1. The first-order chi connectivity index (χ1) is 11.3. The van der Waals surface area contributed by atoms with E-state index in [4.69, 9.17) is 20.8 Å². The first-order valence-corrected chi connectivity index (χ1v) is 8.05. The van der Waals surface area contributed by atoms with Crippen molar-refractivity contribution in [1.82, 2.24) is 4.98 Å². The van der Waals surface area contributed by atoms with E-state index in [2.05, 4.69) is 17.1 Å². The van der Waals surface area contributed by atoms with Crippen LogP contribution in [0.4, 0.5) is 0 Å². The SMILES string of the molecule is Cc1ocnc1C(Cc1ccccc1)Oc1ccc(CCl)cc1. The second kappa shape index (κ2) is 7.34. The van der Waals surface area contributed by atoms with Gasteiger partial charge in [0.1, 0.15) is 23.3 Å². The van der Waals surface area contributed by atoms with Crippen LogP contribution >= 0.6 is 11.6 Å². The molecule has 2 aromatic carbocycles. The fourth-order valence-electron chi connectivity index (χ4n) is 2.47. The maximum absolute atomic E-state index is 6.18. The molecule has 0 bridgehead atoms. The number of hydrogen-bond donors (Lipinski definition) is 0. The van der Waals surface area contributed by atoms with Gasteiger partial charge in [0.05, 0.1) is 0 Å². The number of oxazole rings is 1. The Morgan fingerprint density at radius 2 is 1.78 bits per heavy atom. The Kier molecular flexibility index (Phi) is 4.99. The van der Waals surface area contributed by atoms with Gasteiger partial charge in [-0.3, -0.25) is 0 Å². The summed E-state index contributed by atoms with van der Waals surface area (Å²) in [7, 11) is 0. The predicted molar refractivity (Wildman–Crippen MR) is 90.8 cm³/mol. The van der Waals surface area contributed by atoms with Crippen LogP contribution in [0.25, 0.3) is 0 Å². The van der Waals surface area contributed by atoms with Crippen LogP contribution in [-0.4, -0.2) is 4.98 Å². The molecule has 23 heavy (non-hydrogen) atoms. The van der Waals surface area contributed by atoms with Gasteiger partial charge >= 0.3 is 0 Å². The molecule has 4 heteroatoms. The second-order valence-electron chi connectivity index (χ2n) is 5.37.